The average molecular weight is 221 g/mol. The monoisotopic (exact) mass is 221 g/mol. The van der Waals surface area contributed by atoms with Crippen LogP contribution in [-0.2, 0) is 6.54 Å². The molecule has 0 aromatic carbocycles. The minimum Gasteiger partial charge on any atom is -0.315 e. The van der Waals surface area contributed by atoms with Gasteiger partial charge in [-0.1, -0.05) is 33.1 Å². The summed E-state index contributed by atoms with van der Waals surface area (Å²) in [4.78, 5) is 11.7. The molecule has 0 saturated carbocycles. The van der Waals surface area contributed by atoms with E-state index < -0.39 is 0 Å². The molecule has 0 spiro atoms. The first kappa shape index (κ1) is 13.0. The molecule has 0 radical (unpaired) electrons. The van der Waals surface area contributed by atoms with Gasteiger partial charge in [0.25, 0.3) is 5.56 Å². The number of aryl methyl sites for hydroxylation is 1. The van der Waals surface area contributed by atoms with Crippen LogP contribution in [0.3, 0.4) is 0 Å². The van der Waals surface area contributed by atoms with Crippen molar-refractivity contribution in [3.63, 3.8) is 0 Å². The lowest BCUT2D eigenvalue weighted by atomic mass is 9.99. The Labute approximate surface area is 98.3 Å². The number of hydrogen-bond donors (Lipinski definition) is 0. The molecule has 0 aliphatic rings. The van der Waals surface area contributed by atoms with Crippen LogP contribution in [0.5, 0.6) is 0 Å². The Hall–Kier alpha value is -1.05. The first-order valence-electron chi connectivity index (χ1n) is 6.34. The highest BCUT2D eigenvalue weighted by molar-refractivity contribution is 5.08. The minimum absolute atomic E-state index is 0.134. The van der Waals surface area contributed by atoms with E-state index in [1.165, 1.54) is 19.3 Å². The van der Waals surface area contributed by atoms with Crippen molar-refractivity contribution < 1.29 is 0 Å². The van der Waals surface area contributed by atoms with E-state index in [1.54, 1.807) is 6.07 Å². The summed E-state index contributed by atoms with van der Waals surface area (Å²) in [6, 6.07) is 3.72. The predicted octanol–water partition coefficient (Wildman–Crippen LogP) is 3.37. The van der Waals surface area contributed by atoms with Crippen molar-refractivity contribution in [2.24, 2.45) is 5.92 Å². The van der Waals surface area contributed by atoms with Gasteiger partial charge in [0.1, 0.15) is 0 Å². The third kappa shape index (κ3) is 3.84. The van der Waals surface area contributed by atoms with Crippen molar-refractivity contribution in [3.05, 3.63) is 34.2 Å². The van der Waals surface area contributed by atoms with Crippen molar-refractivity contribution in [2.45, 2.75) is 53.0 Å². The lowest BCUT2D eigenvalue weighted by molar-refractivity contribution is 0.385. The highest BCUT2D eigenvalue weighted by Crippen LogP contribution is 2.14. The first-order valence-corrected chi connectivity index (χ1v) is 6.34. The highest BCUT2D eigenvalue weighted by Gasteiger charge is 2.07. The van der Waals surface area contributed by atoms with Crippen molar-refractivity contribution in [2.75, 3.05) is 0 Å². The first-order chi connectivity index (χ1) is 7.67. The third-order valence-corrected chi connectivity index (χ3v) is 3.15. The average Bonchev–Trinajstić information content (AvgIpc) is 2.27. The molecule has 90 valence electrons. The Balaban J connectivity index is 2.66. The van der Waals surface area contributed by atoms with E-state index in [-0.39, 0.29) is 5.56 Å². The van der Waals surface area contributed by atoms with Crippen LogP contribution in [0.1, 0.15) is 45.1 Å². The van der Waals surface area contributed by atoms with Gasteiger partial charge in [0.05, 0.1) is 0 Å². The summed E-state index contributed by atoms with van der Waals surface area (Å²) >= 11 is 0. The molecule has 1 aromatic rings. The number of hydrogen-bond acceptors (Lipinski definition) is 1. The molecule has 0 bridgehead atoms. The zero-order chi connectivity index (χ0) is 12.0. The van der Waals surface area contributed by atoms with Crippen LogP contribution in [0.15, 0.2) is 23.1 Å². The molecule has 0 N–H and O–H groups in total. The number of rotatable bonds is 6. The number of unbranched alkanes of at least 4 members (excludes halogenated alkanes) is 1. The van der Waals surface area contributed by atoms with E-state index in [0.717, 1.165) is 18.5 Å². The van der Waals surface area contributed by atoms with Gasteiger partial charge < -0.3 is 4.57 Å². The molecule has 16 heavy (non-hydrogen) atoms. The van der Waals surface area contributed by atoms with Gasteiger partial charge in [0.2, 0.25) is 0 Å². The van der Waals surface area contributed by atoms with Gasteiger partial charge in [0, 0.05) is 18.8 Å². The third-order valence-electron chi connectivity index (χ3n) is 3.15. The van der Waals surface area contributed by atoms with E-state index >= 15 is 0 Å². The molecule has 1 aromatic heterocycles. The van der Waals surface area contributed by atoms with Crippen LogP contribution >= 0.6 is 0 Å². The van der Waals surface area contributed by atoms with Gasteiger partial charge in [-0.05, 0) is 30.9 Å². The molecule has 2 nitrogen and oxygen atoms in total. The normalized spacial score (nSPS) is 12.7. The summed E-state index contributed by atoms with van der Waals surface area (Å²) in [5, 5.41) is 0. The molecule has 0 saturated heterocycles. The minimum atomic E-state index is 0.134. The fourth-order valence-electron chi connectivity index (χ4n) is 1.95. The molecule has 0 fully saturated rings. The molecule has 1 heterocycles. The van der Waals surface area contributed by atoms with Crippen LogP contribution in [0, 0.1) is 12.8 Å². The van der Waals surface area contributed by atoms with Crippen molar-refractivity contribution in [1.29, 1.82) is 0 Å². The quantitative estimate of drug-likeness (QED) is 0.722. The molecule has 1 unspecified atom stereocenters. The van der Waals surface area contributed by atoms with Crippen LogP contribution in [-0.4, -0.2) is 4.57 Å². The molecular formula is C14H23NO. The number of pyridine rings is 1. The Morgan fingerprint density at radius 3 is 2.69 bits per heavy atom. The van der Waals surface area contributed by atoms with Crippen LogP contribution in [0.25, 0.3) is 0 Å². The zero-order valence-corrected chi connectivity index (χ0v) is 10.7. The lowest BCUT2D eigenvalue weighted by Gasteiger charge is -2.16. The van der Waals surface area contributed by atoms with Gasteiger partial charge >= 0.3 is 0 Å². The van der Waals surface area contributed by atoms with Gasteiger partial charge in [-0.15, -0.1) is 0 Å². The Bertz CT molecular complexity index is 367. The summed E-state index contributed by atoms with van der Waals surface area (Å²) in [6.45, 7) is 7.25. The highest BCUT2D eigenvalue weighted by atomic mass is 16.1. The van der Waals surface area contributed by atoms with Gasteiger partial charge in [-0.3, -0.25) is 4.79 Å². The van der Waals surface area contributed by atoms with Crippen molar-refractivity contribution >= 4 is 0 Å². The number of nitrogens with zero attached hydrogens (tertiary/aromatic N) is 1. The van der Waals surface area contributed by atoms with Crippen molar-refractivity contribution in [1.82, 2.24) is 4.57 Å². The van der Waals surface area contributed by atoms with Crippen molar-refractivity contribution in [3.8, 4) is 0 Å². The summed E-state index contributed by atoms with van der Waals surface area (Å²) < 4.78 is 1.84. The second-order valence-electron chi connectivity index (χ2n) is 4.61. The molecule has 0 aliphatic carbocycles. The maximum Gasteiger partial charge on any atom is 0.250 e. The second kappa shape index (κ2) is 6.51. The Kier molecular flexibility index (Phi) is 5.30. The van der Waals surface area contributed by atoms with Gasteiger partial charge in [0.15, 0.2) is 0 Å². The molecule has 0 amide bonds. The fraction of sp³-hybridized carbons (Fsp3) is 0.643. The topological polar surface area (TPSA) is 22.0 Å². The maximum absolute atomic E-state index is 11.7. The molecule has 1 rings (SSSR count). The Morgan fingerprint density at radius 1 is 1.38 bits per heavy atom. The maximum atomic E-state index is 11.7. The van der Waals surface area contributed by atoms with E-state index in [4.69, 9.17) is 0 Å². The smallest absolute Gasteiger partial charge is 0.250 e. The molecule has 0 aliphatic heterocycles. The van der Waals surface area contributed by atoms with E-state index in [2.05, 4.69) is 13.8 Å². The SMILES string of the molecule is CCCCC(CC)Cn1ccc(C)cc1=O. The van der Waals surface area contributed by atoms with E-state index in [1.807, 2.05) is 23.8 Å². The summed E-state index contributed by atoms with van der Waals surface area (Å²) in [6.07, 6.45) is 6.80. The lowest BCUT2D eigenvalue weighted by Crippen LogP contribution is -2.22. The molecule has 1 atom stereocenters. The largest absolute Gasteiger partial charge is 0.315 e. The summed E-state index contributed by atoms with van der Waals surface area (Å²) in [5.74, 6) is 0.639. The molecular weight excluding hydrogens is 198 g/mol. The van der Waals surface area contributed by atoms with E-state index in [9.17, 15) is 4.79 Å². The van der Waals surface area contributed by atoms with Crippen LogP contribution < -0.4 is 5.56 Å². The Morgan fingerprint density at radius 2 is 2.12 bits per heavy atom. The second-order valence-corrected chi connectivity index (χ2v) is 4.61. The summed E-state index contributed by atoms with van der Waals surface area (Å²) in [7, 11) is 0. The summed E-state index contributed by atoms with van der Waals surface area (Å²) in [5.41, 5.74) is 1.18. The zero-order valence-electron chi connectivity index (χ0n) is 10.7. The van der Waals surface area contributed by atoms with Crippen LogP contribution in [0.2, 0.25) is 0 Å². The predicted molar refractivity (Wildman–Crippen MR) is 68.7 cm³/mol. The number of aromatic nitrogens is 1. The van der Waals surface area contributed by atoms with Gasteiger partial charge in [-0.2, -0.15) is 0 Å². The van der Waals surface area contributed by atoms with E-state index in [0.29, 0.717) is 5.92 Å². The fourth-order valence-corrected chi connectivity index (χ4v) is 1.95. The van der Waals surface area contributed by atoms with Crippen LogP contribution in [0.4, 0.5) is 0 Å². The van der Waals surface area contributed by atoms with Gasteiger partial charge in [-0.25, -0.2) is 0 Å². The standard InChI is InChI=1S/C14H23NO/c1-4-6-7-13(5-2)11-15-9-8-12(3)10-14(15)16/h8-10,13H,4-7,11H2,1-3H3. The molecule has 2 heteroatoms.